The predicted octanol–water partition coefficient (Wildman–Crippen LogP) is 3.88. The van der Waals surface area contributed by atoms with Gasteiger partial charge in [-0.25, -0.2) is 0 Å². The van der Waals surface area contributed by atoms with E-state index in [1.807, 2.05) is 66.7 Å². The summed E-state index contributed by atoms with van der Waals surface area (Å²) in [5.41, 5.74) is 1.03. The number of furan rings is 1. The number of carbonyl (C=O) groups excluding carboxylic acids is 2. The lowest BCUT2D eigenvalue weighted by Crippen LogP contribution is -2.45. The number of hydrogen-bond donors (Lipinski definition) is 0. The van der Waals surface area contributed by atoms with Gasteiger partial charge in [-0.15, -0.1) is 0 Å². The van der Waals surface area contributed by atoms with Crippen LogP contribution < -0.4 is 4.74 Å². The van der Waals surface area contributed by atoms with Crippen molar-refractivity contribution in [2.45, 2.75) is 32.0 Å². The molecule has 1 aliphatic carbocycles. The number of ether oxygens (including phenoxy) is 1. The Morgan fingerprint density at radius 3 is 2.23 bits per heavy atom. The largest absolute Gasteiger partial charge is 0.484 e. The summed E-state index contributed by atoms with van der Waals surface area (Å²) < 4.78 is 11.1. The highest BCUT2D eigenvalue weighted by molar-refractivity contribution is 5.86. The van der Waals surface area contributed by atoms with Crippen molar-refractivity contribution in [2.24, 2.45) is 0 Å². The highest BCUT2D eigenvalue weighted by Crippen LogP contribution is 2.27. The maximum absolute atomic E-state index is 13.2. The molecule has 31 heavy (non-hydrogen) atoms. The molecule has 160 valence electrons. The zero-order valence-corrected chi connectivity index (χ0v) is 17.4. The Balaban J connectivity index is 1.42. The van der Waals surface area contributed by atoms with Crippen molar-refractivity contribution in [1.82, 2.24) is 9.80 Å². The zero-order chi connectivity index (χ0) is 21.5. The fourth-order valence-corrected chi connectivity index (χ4v) is 3.42. The van der Waals surface area contributed by atoms with Gasteiger partial charge >= 0.3 is 0 Å². The molecular formula is C25H26N2O4. The summed E-state index contributed by atoms with van der Waals surface area (Å²) in [7, 11) is 0. The molecule has 1 aromatic heterocycles. The third-order valence-corrected chi connectivity index (χ3v) is 5.21. The molecule has 0 bridgehead atoms. The van der Waals surface area contributed by atoms with Crippen LogP contribution in [0.4, 0.5) is 0 Å². The third kappa shape index (κ3) is 5.98. The highest BCUT2D eigenvalue weighted by atomic mass is 16.5. The van der Waals surface area contributed by atoms with Gasteiger partial charge in [0.15, 0.2) is 6.61 Å². The Morgan fingerprint density at radius 1 is 0.871 bits per heavy atom. The van der Waals surface area contributed by atoms with Crippen LogP contribution >= 0.6 is 0 Å². The van der Waals surface area contributed by atoms with Gasteiger partial charge in [-0.05, 0) is 42.7 Å². The van der Waals surface area contributed by atoms with Crippen LogP contribution in [0.3, 0.4) is 0 Å². The molecule has 1 heterocycles. The fraction of sp³-hybridized carbons (Fsp3) is 0.280. The molecule has 1 aliphatic rings. The molecule has 0 aliphatic heterocycles. The topological polar surface area (TPSA) is 63.0 Å². The molecule has 0 saturated heterocycles. The lowest BCUT2D eigenvalue weighted by atomic mass is 10.2. The summed E-state index contributed by atoms with van der Waals surface area (Å²) in [6.45, 7) is 0.765. The van der Waals surface area contributed by atoms with Crippen molar-refractivity contribution >= 4 is 11.8 Å². The van der Waals surface area contributed by atoms with Gasteiger partial charge in [0.25, 0.3) is 5.91 Å². The van der Waals surface area contributed by atoms with E-state index in [9.17, 15) is 9.59 Å². The fourth-order valence-electron chi connectivity index (χ4n) is 3.42. The van der Waals surface area contributed by atoms with Crippen molar-refractivity contribution in [1.29, 1.82) is 0 Å². The van der Waals surface area contributed by atoms with Gasteiger partial charge in [-0.2, -0.15) is 0 Å². The number of para-hydroxylation sites is 1. The van der Waals surface area contributed by atoms with E-state index < -0.39 is 0 Å². The van der Waals surface area contributed by atoms with Crippen molar-refractivity contribution in [3.05, 3.63) is 90.4 Å². The maximum atomic E-state index is 13.2. The Bertz CT molecular complexity index is 969. The average Bonchev–Trinajstić information content (AvgIpc) is 3.52. The molecule has 2 amide bonds. The molecule has 1 fully saturated rings. The Morgan fingerprint density at radius 2 is 1.58 bits per heavy atom. The molecule has 2 aromatic carbocycles. The molecule has 0 spiro atoms. The molecule has 3 aromatic rings. The Kier molecular flexibility index (Phi) is 6.67. The third-order valence-electron chi connectivity index (χ3n) is 5.21. The molecule has 6 nitrogen and oxygen atoms in total. The first-order chi connectivity index (χ1) is 15.2. The van der Waals surface area contributed by atoms with Crippen LogP contribution in [-0.4, -0.2) is 40.8 Å². The normalized spacial score (nSPS) is 12.9. The maximum Gasteiger partial charge on any atom is 0.261 e. The smallest absolute Gasteiger partial charge is 0.261 e. The van der Waals surface area contributed by atoms with Gasteiger partial charge in [0.2, 0.25) is 5.91 Å². The lowest BCUT2D eigenvalue weighted by molar-refractivity contribution is -0.143. The summed E-state index contributed by atoms with van der Waals surface area (Å²) in [5, 5.41) is 0. The number of benzene rings is 2. The second-order valence-corrected chi connectivity index (χ2v) is 7.67. The van der Waals surface area contributed by atoms with Crippen LogP contribution in [0.1, 0.15) is 24.2 Å². The van der Waals surface area contributed by atoms with Crippen LogP contribution in [-0.2, 0) is 22.7 Å². The van der Waals surface area contributed by atoms with Crippen molar-refractivity contribution in [3.63, 3.8) is 0 Å². The first-order valence-corrected chi connectivity index (χ1v) is 10.5. The van der Waals surface area contributed by atoms with Gasteiger partial charge < -0.3 is 19.0 Å². The second-order valence-electron chi connectivity index (χ2n) is 7.67. The van der Waals surface area contributed by atoms with Crippen LogP contribution in [0.25, 0.3) is 0 Å². The molecule has 0 unspecified atom stereocenters. The summed E-state index contributed by atoms with van der Waals surface area (Å²) in [6, 6.07) is 22.8. The standard InChI is InChI=1S/C25H26N2O4/c28-24(26(17-23-12-7-15-30-23)16-20-8-3-1-4-9-20)18-27(21-13-14-21)25(29)19-31-22-10-5-2-6-11-22/h1-12,15,21H,13-14,16-19H2. The first-order valence-electron chi connectivity index (χ1n) is 10.5. The van der Waals surface area contributed by atoms with Crippen molar-refractivity contribution in [3.8, 4) is 5.75 Å². The minimum absolute atomic E-state index is 0.0369. The summed E-state index contributed by atoms with van der Waals surface area (Å²) in [4.78, 5) is 29.5. The molecule has 1 saturated carbocycles. The molecule has 0 N–H and O–H groups in total. The number of carbonyl (C=O) groups is 2. The molecule has 0 atom stereocenters. The van der Waals surface area contributed by atoms with Gasteiger partial charge in [-0.1, -0.05) is 48.5 Å². The summed E-state index contributed by atoms with van der Waals surface area (Å²) >= 11 is 0. The quantitative estimate of drug-likeness (QED) is 0.501. The van der Waals surface area contributed by atoms with E-state index in [1.165, 1.54) is 0 Å². The SMILES string of the molecule is O=C(CN(C(=O)COc1ccccc1)C1CC1)N(Cc1ccccc1)Cc1ccco1. The number of rotatable bonds is 10. The van der Waals surface area contributed by atoms with Crippen molar-refractivity contribution < 1.29 is 18.7 Å². The van der Waals surface area contributed by atoms with E-state index in [4.69, 9.17) is 9.15 Å². The van der Waals surface area contributed by atoms with E-state index in [0.29, 0.717) is 24.6 Å². The average molecular weight is 418 g/mol. The van der Waals surface area contributed by atoms with Gasteiger partial charge in [-0.3, -0.25) is 9.59 Å². The van der Waals surface area contributed by atoms with E-state index in [-0.39, 0.29) is 31.0 Å². The number of hydrogen-bond acceptors (Lipinski definition) is 4. The minimum Gasteiger partial charge on any atom is -0.484 e. The van der Waals surface area contributed by atoms with Gasteiger partial charge in [0, 0.05) is 12.6 Å². The summed E-state index contributed by atoms with van der Waals surface area (Å²) in [5.74, 6) is 1.07. The Hall–Kier alpha value is -3.54. The molecule has 4 rings (SSSR count). The Labute approximate surface area is 182 Å². The van der Waals surface area contributed by atoms with Crippen LogP contribution in [0, 0.1) is 0 Å². The van der Waals surface area contributed by atoms with Crippen molar-refractivity contribution in [2.75, 3.05) is 13.2 Å². The second kappa shape index (κ2) is 9.98. The molecule has 6 heteroatoms. The predicted molar refractivity (Wildman–Crippen MR) is 116 cm³/mol. The van der Waals surface area contributed by atoms with E-state index in [1.54, 1.807) is 22.1 Å². The van der Waals surface area contributed by atoms with Crippen LogP contribution in [0.5, 0.6) is 5.75 Å². The van der Waals surface area contributed by atoms with E-state index in [0.717, 1.165) is 18.4 Å². The highest BCUT2D eigenvalue weighted by Gasteiger charge is 2.35. The molecular weight excluding hydrogens is 392 g/mol. The zero-order valence-electron chi connectivity index (χ0n) is 17.4. The first kappa shape index (κ1) is 20.7. The van der Waals surface area contributed by atoms with E-state index in [2.05, 4.69) is 0 Å². The van der Waals surface area contributed by atoms with Gasteiger partial charge in [0.1, 0.15) is 18.1 Å². The van der Waals surface area contributed by atoms with E-state index >= 15 is 0 Å². The lowest BCUT2D eigenvalue weighted by Gasteiger charge is -2.27. The monoisotopic (exact) mass is 418 g/mol. The summed E-state index contributed by atoms with van der Waals surface area (Å²) in [6.07, 6.45) is 3.43. The van der Waals surface area contributed by atoms with Gasteiger partial charge in [0.05, 0.1) is 12.8 Å². The van der Waals surface area contributed by atoms with Crippen LogP contribution in [0.15, 0.2) is 83.5 Å². The minimum atomic E-state index is -0.169. The van der Waals surface area contributed by atoms with Crippen LogP contribution in [0.2, 0.25) is 0 Å². The molecule has 0 radical (unpaired) electrons. The number of nitrogens with zero attached hydrogens (tertiary/aromatic N) is 2. The number of amides is 2.